The summed E-state index contributed by atoms with van der Waals surface area (Å²) in [6, 6.07) is 8.69. The average molecular weight is 340 g/mol. The second kappa shape index (κ2) is 5.85. The van der Waals surface area contributed by atoms with Crippen molar-refractivity contribution < 1.29 is 13.9 Å². The number of amides is 1. The number of benzene rings is 1. The van der Waals surface area contributed by atoms with Crippen molar-refractivity contribution in [2.75, 3.05) is 32.8 Å². The Labute approximate surface area is 147 Å². The fraction of sp³-hybridized carbons (Fsp3) is 0.550. The fourth-order valence-electron chi connectivity index (χ4n) is 4.48. The lowest BCUT2D eigenvalue weighted by Crippen LogP contribution is -2.63. The summed E-state index contributed by atoms with van der Waals surface area (Å²) < 4.78 is 11.7. The minimum absolute atomic E-state index is 0.0770. The third kappa shape index (κ3) is 2.66. The zero-order valence-corrected chi connectivity index (χ0v) is 14.6. The summed E-state index contributed by atoms with van der Waals surface area (Å²) in [7, 11) is 0. The van der Waals surface area contributed by atoms with Crippen LogP contribution in [0, 0.1) is 12.8 Å². The molecule has 1 amide bonds. The van der Waals surface area contributed by atoms with Crippen molar-refractivity contribution in [2.45, 2.75) is 31.8 Å². The number of furan rings is 1. The van der Waals surface area contributed by atoms with Gasteiger partial charge < -0.3 is 14.1 Å². The molecule has 1 saturated carbocycles. The van der Waals surface area contributed by atoms with E-state index < -0.39 is 0 Å². The number of nitrogens with zero attached hydrogens (tertiary/aromatic N) is 2. The maximum atomic E-state index is 13.1. The number of morpholine rings is 1. The van der Waals surface area contributed by atoms with Crippen molar-refractivity contribution in [1.29, 1.82) is 0 Å². The lowest BCUT2D eigenvalue weighted by atomic mass is 10.0. The van der Waals surface area contributed by atoms with Gasteiger partial charge in [0.05, 0.1) is 24.8 Å². The van der Waals surface area contributed by atoms with E-state index in [2.05, 4.69) is 4.90 Å². The maximum absolute atomic E-state index is 13.1. The number of aryl methyl sites for hydroxylation is 1. The first-order valence-electron chi connectivity index (χ1n) is 9.32. The molecule has 1 aromatic carbocycles. The molecule has 5 heteroatoms. The zero-order valence-electron chi connectivity index (χ0n) is 14.6. The molecule has 3 heterocycles. The summed E-state index contributed by atoms with van der Waals surface area (Å²) in [6.07, 6.45) is 2.67. The number of hydrogen-bond donors (Lipinski definition) is 0. The third-order valence-corrected chi connectivity index (χ3v) is 5.90. The smallest absolute Gasteiger partial charge is 0.257 e. The lowest BCUT2D eigenvalue weighted by Gasteiger charge is -2.48. The highest BCUT2D eigenvalue weighted by Gasteiger charge is 2.43. The molecule has 1 aromatic heterocycles. The van der Waals surface area contributed by atoms with Crippen molar-refractivity contribution in [2.24, 2.45) is 5.92 Å². The Kier molecular flexibility index (Phi) is 3.61. The van der Waals surface area contributed by atoms with Gasteiger partial charge in [-0.2, -0.15) is 0 Å². The number of ether oxygens (including phenoxy) is 1. The largest absolute Gasteiger partial charge is 0.461 e. The number of hydrogen-bond acceptors (Lipinski definition) is 4. The monoisotopic (exact) mass is 340 g/mol. The average Bonchev–Trinajstić information content (AvgIpc) is 3.40. The normalized spacial score (nSPS) is 27.5. The Morgan fingerprint density at radius 1 is 1.20 bits per heavy atom. The van der Waals surface area contributed by atoms with Crippen LogP contribution >= 0.6 is 0 Å². The van der Waals surface area contributed by atoms with Gasteiger partial charge in [0.2, 0.25) is 0 Å². The first-order chi connectivity index (χ1) is 12.2. The fourth-order valence-corrected chi connectivity index (χ4v) is 4.48. The van der Waals surface area contributed by atoms with Crippen LogP contribution in [-0.2, 0) is 4.74 Å². The Morgan fingerprint density at radius 2 is 2.08 bits per heavy atom. The van der Waals surface area contributed by atoms with Gasteiger partial charge in [-0.15, -0.1) is 0 Å². The standard InChI is InChI=1S/C20H24N2O3/c1-13-9-15-3-2-4-17(19(15)25-13)20(23)21-7-8-22-16(10-21)11-24-12-18(22)14-5-6-14/h2-4,9,14,16,18H,5-8,10-12H2,1H3/t16-,18-/m1/s1. The summed E-state index contributed by atoms with van der Waals surface area (Å²) in [6.45, 7) is 6.00. The minimum atomic E-state index is 0.0770. The van der Waals surface area contributed by atoms with Crippen molar-refractivity contribution in [1.82, 2.24) is 9.80 Å². The van der Waals surface area contributed by atoms with E-state index in [1.165, 1.54) is 12.8 Å². The topological polar surface area (TPSA) is 45.9 Å². The highest BCUT2D eigenvalue weighted by atomic mass is 16.5. The van der Waals surface area contributed by atoms with E-state index in [1.54, 1.807) is 0 Å². The van der Waals surface area contributed by atoms with Crippen LogP contribution in [0.15, 0.2) is 28.7 Å². The van der Waals surface area contributed by atoms with Gasteiger partial charge in [-0.25, -0.2) is 0 Å². The van der Waals surface area contributed by atoms with E-state index in [9.17, 15) is 4.79 Å². The SMILES string of the molecule is Cc1cc2cccc(C(=O)N3CCN4[C@@H](COC[C@@H]4C4CC4)C3)c2o1. The van der Waals surface area contributed by atoms with Gasteiger partial charge in [-0.1, -0.05) is 12.1 Å². The highest BCUT2D eigenvalue weighted by molar-refractivity contribution is 6.05. The molecule has 2 saturated heterocycles. The van der Waals surface area contributed by atoms with Crippen molar-refractivity contribution >= 4 is 16.9 Å². The van der Waals surface area contributed by atoms with Crippen LogP contribution < -0.4 is 0 Å². The van der Waals surface area contributed by atoms with Crippen LogP contribution in [0.2, 0.25) is 0 Å². The van der Waals surface area contributed by atoms with Crippen LogP contribution in [-0.4, -0.2) is 60.6 Å². The van der Waals surface area contributed by atoms with E-state index in [4.69, 9.17) is 9.15 Å². The van der Waals surface area contributed by atoms with E-state index in [0.29, 0.717) is 23.2 Å². The van der Waals surface area contributed by atoms with E-state index in [-0.39, 0.29) is 5.91 Å². The number of fused-ring (bicyclic) bond motifs is 2. The summed E-state index contributed by atoms with van der Waals surface area (Å²) in [5, 5.41) is 0.997. The number of para-hydroxylation sites is 1. The number of rotatable bonds is 2. The number of piperazine rings is 1. The van der Waals surface area contributed by atoms with E-state index in [0.717, 1.165) is 49.9 Å². The van der Waals surface area contributed by atoms with Gasteiger partial charge in [0.1, 0.15) is 11.3 Å². The summed E-state index contributed by atoms with van der Waals surface area (Å²) in [5.41, 5.74) is 1.39. The molecular weight excluding hydrogens is 316 g/mol. The molecule has 25 heavy (non-hydrogen) atoms. The van der Waals surface area contributed by atoms with E-state index >= 15 is 0 Å². The second-order valence-electron chi connectivity index (χ2n) is 7.67. The molecule has 0 bridgehead atoms. The molecule has 2 aromatic rings. The summed E-state index contributed by atoms with van der Waals surface area (Å²) in [5.74, 6) is 1.73. The van der Waals surface area contributed by atoms with Gasteiger partial charge in [0, 0.05) is 31.1 Å². The molecule has 5 rings (SSSR count). The minimum Gasteiger partial charge on any atom is -0.461 e. The molecule has 2 atom stereocenters. The van der Waals surface area contributed by atoms with Crippen LogP contribution in [0.5, 0.6) is 0 Å². The molecule has 5 nitrogen and oxygen atoms in total. The quantitative estimate of drug-likeness (QED) is 0.843. The number of carbonyl (C=O) groups is 1. The molecule has 0 unspecified atom stereocenters. The Bertz CT molecular complexity index is 810. The molecule has 0 spiro atoms. The molecule has 1 aliphatic carbocycles. The van der Waals surface area contributed by atoms with Crippen molar-refractivity contribution in [3.8, 4) is 0 Å². The number of carbonyl (C=O) groups excluding carboxylic acids is 1. The Morgan fingerprint density at radius 3 is 2.92 bits per heavy atom. The predicted octanol–water partition coefficient (Wildman–Crippen LogP) is 2.68. The van der Waals surface area contributed by atoms with Crippen molar-refractivity contribution in [3.05, 3.63) is 35.6 Å². The zero-order chi connectivity index (χ0) is 17.0. The predicted molar refractivity (Wildman–Crippen MR) is 94.7 cm³/mol. The van der Waals surface area contributed by atoms with Crippen LogP contribution in [0.25, 0.3) is 11.0 Å². The Balaban J connectivity index is 1.38. The summed E-state index contributed by atoms with van der Waals surface area (Å²) >= 11 is 0. The maximum Gasteiger partial charge on any atom is 0.257 e. The molecule has 0 N–H and O–H groups in total. The van der Waals surface area contributed by atoms with E-state index in [1.807, 2.05) is 36.1 Å². The van der Waals surface area contributed by atoms with Gasteiger partial charge in [-0.3, -0.25) is 9.69 Å². The highest BCUT2D eigenvalue weighted by Crippen LogP contribution is 2.38. The van der Waals surface area contributed by atoms with Crippen molar-refractivity contribution in [3.63, 3.8) is 0 Å². The molecule has 3 fully saturated rings. The van der Waals surface area contributed by atoms with Crippen LogP contribution in [0.3, 0.4) is 0 Å². The first kappa shape index (κ1) is 15.4. The van der Waals surface area contributed by atoms with Gasteiger partial charge in [0.25, 0.3) is 5.91 Å². The lowest BCUT2D eigenvalue weighted by molar-refractivity contribution is -0.0816. The molecule has 2 aliphatic heterocycles. The summed E-state index contributed by atoms with van der Waals surface area (Å²) in [4.78, 5) is 17.7. The molecular formula is C20H24N2O3. The third-order valence-electron chi connectivity index (χ3n) is 5.90. The van der Waals surface area contributed by atoms with Crippen LogP contribution in [0.4, 0.5) is 0 Å². The van der Waals surface area contributed by atoms with Gasteiger partial charge in [0.15, 0.2) is 0 Å². The Hall–Kier alpha value is -1.85. The molecule has 3 aliphatic rings. The molecule has 0 radical (unpaired) electrons. The second-order valence-corrected chi connectivity index (χ2v) is 7.67. The van der Waals surface area contributed by atoms with Gasteiger partial charge in [-0.05, 0) is 37.8 Å². The van der Waals surface area contributed by atoms with Crippen LogP contribution in [0.1, 0.15) is 29.0 Å². The van der Waals surface area contributed by atoms with Gasteiger partial charge >= 0.3 is 0 Å². The molecule has 132 valence electrons. The first-order valence-corrected chi connectivity index (χ1v) is 9.32.